The Labute approximate surface area is 524 Å². The summed E-state index contributed by atoms with van der Waals surface area (Å²) in [7, 11) is -3.67. The third-order valence-corrected chi connectivity index (χ3v) is 23.7. The van der Waals surface area contributed by atoms with Crippen molar-refractivity contribution in [2.45, 2.75) is 142 Å². The Morgan fingerprint density at radius 3 is 1.74 bits per heavy atom. The molecule has 26 nitrogen and oxygen atoms in total. The van der Waals surface area contributed by atoms with Crippen LogP contribution in [0, 0.1) is 5.92 Å². The summed E-state index contributed by atoms with van der Waals surface area (Å²) in [5.74, 6) is -6.43. The molecule has 5 atom stereocenters. The molecule has 1 aromatic heterocycles. The Kier molecular flexibility index (Phi) is 33.7. The number of hydrogen-bond acceptors (Lipinski definition) is 20. The molecule has 0 saturated carbocycles. The van der Waals surface area contributed by atoms with Gasteiger partial charge in [0.1, 0.15) is 43.3 Å². The fraction of sp³-hybridized carbons (Fsp3) is 0.712. The summed E-state index contributed by atoms with van der Waals surface area (Å²) in [4.78, 5) is 83.4. The zero-order chi connectivity index (χ0) is 66.4. The van der Waals surface area contributed by atoms with Gasteiger partial charge in [0.2, 0.25) is 18.0 Å². The number of nitrogens with zero attached hydrogens (tertiary/aromatic N) is 2. The van der Waals surface area contributed by atoms with Crippen molar-refractivity contribution in [3.05, 3.63) is 64.7 Å². The minimum Gasteiger partial charge on any atom is -0.445 e. The highest BCUT2D eigenvalue weighted by atomic mass is 28.4. The van der Waals surface area contributed by atoms with E-state index in [-0.39, 0.29) is 73.2 Å². The third-order valence-electron chi connectivity index (χ3n) is 14.8. The second kappa shape index (κ2) is 38.5. The molecule has 3 rings (SSSR count). The number of aromatic nitrogens is 2. The van der Waals surface area contributed by atoms with Crippen molar-refractivity contribution in [3.8, 4) is 0 Å². The molecule has 0 aliphatic carbocycles. The molecule has 506 valence electrons. The van der Waals surface area contributed by atoms with E-state index in [1.807, 2.05) is 67.7 Å². The third kappa shape index (κ3) is 27.2. The average molecular weight is 1300 g/mol. The van der Waals surface area contributed by atoms with Crippen LogP contribution in [0.1, 0.15) is 84.5 Å². The summed E-state index contributed by atoms with van der Waals surface area (Å²) in [5.41, 5.74) is -0.902. The molecule has 0 unspecified atom stereocenters. The molecule has 1 aliphatic heterocycles. The molecule has 1 aliphatic rings. The van der Waals surface area contributed by atoms with Crippen molar-refractivity contribution in [1.29, 1.82) is 0 Å². The second-order valence-electron chi connectivity index (χ2n) is 24.2. The van der Waals surface area contributed by atoms with Gasteiger partial charge < -0.3 is 82.2 Å². The summed E-state index contributed by atoms with van der Waals surface area (Å²) in [5, 5.41) is 12.1. The van der Waals surface area contributed by atoms with Crippen LogP contribution in [0.15, 0.2) is 47.9 Å². The molecule has 1 fully saturated rings. The Hall–Kier alpha value is -5.36. The summed E-state index contributed by atoms with van der Waals surface area (Å²) >= 11 is 0. The Balaban J connectivity index is 1.63. The highest BCUT2D eigenvalue weighted by Crippen LogP contribution is 2.48. The number of carbonyl (C=O) groups is 5. The molecular formula is C59H99F2N7O19Si2. The Morgan fingerprint density at radius 2 is 1.25 bits per heavy atom. The van der Waals surface area contributed by atoms with Crippen LogP contribution in [0.5, 0.6) is 0 Å². The number of amides is 5. The number of rotatable bonds is 42. The maximum Gasteiger partial charge on any atom is 0.413 e. The molecule has 0 radical (unpaired) electrons. The van der Waals surface area contributed by atoms with Crippen molar-refractivity contribution in [2.24, 2.45) is 5.92 Å². The van der Waals surface area contributed by atoms with Crippen LogP contribution in [0.2, 0.25) is 36.3 Å². The van der Waals surface area contributed by atoms with E-state index in [0.717, 1.165) is 12.3 Å². The molecule has 5 amide bonds. The van der Waals surface area contributed by atoms with Crippen LogP contribution in [0.3, 0.4) is 0 Å². The van der Waals surface area contributed by atoms with Gasteiger partial charge in [-0.15, -0.1) is 0 Å². The van der Waals surface area contributed by atoms with Crippen LogP contribution in [0.4, 0.5) is 29.9 Å². The monoisotopic (exact) mass is 1300 g/mol. The molecule has 0 spiro atoms. The highest BCUT2D eigenvalue weighted by molar-refractivity contribution is 6.74. The summed E-state index contributed by atoms with van der Waals surface area (Å²) in [6.45, 7) is 32.8. The molecule has 1 aromatic carbocycles. The minimum absolute atomic E-state index is 0.0310. The summed E-state index contributed by atoms with van der Waals surface area (Å²) in [6.07, 6.45) is -4.70. The highest BCUT2D eigenvalue weighted by Gasteiger charge is 2.63. The van der Waals surface area contributed by atoms with Gasteiger partial charge in [0.15, 0.2) is 16.6 Å². The second-order valence-corrected chi connectivity index (χ2v) is 33.7. The smallest absolute Gasteiger partial charge is 0.413 e. The van der Waals surface area contributed by atoms with Gasteiger partial charge in [0.25, 0.3) is 5.91 Å². The van der Waals surface area contributed by atoms with Gasteiger partial charge in [-0.1, -0.05) is 74.1 Å². The first-order valence-electron chi connectivity index (χ1n) is 29.8. The van der Waals surface area contributed by atoms with Gasteiger partial charge in [0.05, 0.1) is 106 Å². The van der Waals surface area contributed by atoms with Crippen LogP contribution in [-0.4, -0.2) is 212 Å². The zero-order valence-electron chi connectivity index (χ0n) is 54.5. The molecular weight excluding hydrogens is 1200 g/mol. The van der Waals surface area contributed by atoms with Crippen molar-refractivity contribution in [2.75, 3.05) is 137 Å². The minimum atomic E-state index is -3.72. The van der Waals surface area contributed by atoms with E-state index in [9.17, 15) is 28.8 Å². The van der Waals surface area contributed by atoms with Crippen molar-refractivity contribution in [3.63, 3.8) is 0 Å². The van der Waals surface area contributed by atoms with E-state index < -0.39 is 100 Å². The molecule has 2 aromatic rings. The van der Waals surface area contributed by atoms with Crippen LogP contribution in [-0.2, 0) is 77.2 Å². The van der Waals surface area contributed by atoms with Crippen LogP contribution < -0.4 is 32.3 Å². The lowest BCUT2D eigenvalue weighted by molar-refractivity contribution is -0.138. The number of benzene rings is 1. The number of hydrogen-bond donors (Lipinski definition) is 5. The first-order valence-corrected chi connectivity index (χ1v) is 35.7. The molecule has 5 N–H and O–H groups in total. The average Bonchev–Trinajstić information content (AvgIpc) is 1.65. The Morgan fingerprint density at radius 1 is 0.719 bits per heavy atom. The van der Waals surface area contributed by atoms with Gasteiger partial charge >= 0.3 is 23.8 Å². The fourth-order valence-electron chi connectivity index (χ4n) is 7.54. The number of anilines is 2. The van der Waals surface area contributed by atoms with Crippen LogP contribution in [0.25, 0.3) is 0 Å². The first-order chi connectivity index (χ1) is 41.9. The maximum atomic E-state index is 16.7. The summed E-state index contributed by atoms with van der Waals surface area (Å²) in [6, 6.07) is 3.14. The maximum absolute atomic E-state index is 16.7. The molecule has 1 saturated heterocycles. The number of nitrogens with one attached hydrogen (secondary N) is 5. The standard InChI is InChI=1S/C59H99F2N7O19Si2/c1-16-22-83-56(74)67-48(41(2)3)52(71)63-42(4)50(69)64-44-18-17-43(45(38-44)51(70)62-20-23-76-26-27-78-30-31-80-34-35-82-37-36-81-33-32-79-29-28-77-25-24-75-11)39-84-55(73)66-47-19-21-68(54(72)65-47)53-59(60,61)49(87-89(14,15)58(8,9)10)46(86-53)40-85-88(12,13)57(5,6)7/h16-19,21,38,41-42,46,48-49,53H,1,20,22-37,39-40H2,2-15H3,(H,62,70)(H,63,71)(H,64,69)(H,67,74)(H,65,66,72,73)/t42-,46+,48-,49+,53+/m0/s1. The topological polar surface area (TPSA) is 300 Å². The number of halogens is 2. The zero-order valence-corrected chi connectivity index (χ0v) is 56.5. The number of methoxy groups -OCH3 is 1. The van der Waals surface area contributed by atoms with Gasteiger partial charge in [-0.2, -0.15) is 13.8 Å². The van der Waals surface area contributed by atoms with E-state index in [2.05, 4.69) is 38.1 Å². The van der Waals surface area contributed by atoms with Gasteiger partial charge in [-0.25, -0.2) is 14.4 Å². The Bertz CT molecular complexity index is 2570. The van der Waals surface area contributed by atoms with Crippen molar-refractivity contribution in [1.82, 2.24) is 25.5 Å². The number of carbonyl (C=O) groups excluding carboxylic acids is 5. The predicted molar refractivity (Wildman–Crippen MR) is 332 cm³/mol. The van der Waals surface area contributed by atoms with E-state index in [1.54, 1.807) is 21.0 Å². The van der Waals surface area contributed by atoms with Gasteiger partial charge in [-0.3, -0.25) is 24.3 Å². The molecule has 89 heavy (non-hydrogen) atoms. The van der Waals surface area contributed by atoms with Crippen LogP contribution >= 0.6 is 0 Å². The predicted octanol–water partition coefficient (Wildman–Crippen LogP) is 6.81. The lowest BCUT2D eigenvalue weighted by Gasteiger charge is -2.41. The molecule has 30 heteroatoms. The SMILES string of the molecule is C=CCOC(=O)N[C@H](C(=O)N[C@@H](C)C(=O)Nc1ccc(COC(=O)Nc2ccn([C@@H]3O[C@H](CO[Si](C)(C)C(C)(C)C)[C@@H](O[Si](C)(C)C(C)(C)C)C3(F)F)c(=O)n2)c(C(=O)NCCOCCOCCOCCOCCOCCOCCOCCOC)c1)C(C)C. The lowest BCUT2D eigenvalue weighted by Crippen LogP contribution is -2.53. The van der Waals surface area contributed by atoms with Crippen molar-refractivity contribution < 1.29 is 93.7 Å². The van der Waals surface area contributed by atoms with E-state index in [0.29, 0.717) is 83.8 Å². The van der Waals surface area contributed by atoms with Crippen molar-refractivity contribution >= 4 is 58.0 Å². The quantitative estimate of drug-likeness (QED) is 0.0259. The van der Waals surface area contributed by atoms with E-state index in [1.165, 1.54) is 31.2 Å². The number of alkyl carbamates (subject to hydrolysis) is 1. The van der Waals surface area contributed by atoms with Gasteiger partial charge in [0, 0.05) is 36.7 Å². The molecule has 2 heterocycles. The van der Waals surface area contributed by atoms with E-state index in [4.69, 9.17) is 61.0 Å². The van der Waals surface area contributed by atoms with E-state index >= 15 is 8.78 Å². The number of alkyl halides is 2. The largest absolute Gasteiger partial charge is 0.445 e. The molecule has 0 bridgehead atoms. The van der Waals surface area contributed by atoms with Gasteiger partial charge in [-0.05, 0) is 67.3 Å². The fourth-order valence-corrected chi connectivity index (χ4v) is 9.85. The first kappa shape index (κ1) is 77.9. The normalized spacial score (nSPS) is 16.8. The number of ether oxygens (including phenoxy) is 11. The summed E-state index contributed by atoms with van der Waals surface area (Å²) < 4.78 is 107. The lowest BCUT2D eigenvalue weighted by atomic mass is 10.0.